The van der Waals surface area contributed by atoms with Gasteiger partial charge in [-0.05, 0) is 24.3 Å². The largest absolute Gasteiger partial charge is 0.508 e. The van der Waals surface area contributed by atoms with E-state index in [9.17, 15) is 20.0 Å². The fraction of sp³-hybridized carbons (Fsp3) is 0. The van der Waals surface area contributed by atoms with Crippen LogP contribution in [0.4, 0.5) is 11.4 Å². The van der Waals surface area contributed by atoms with E-state index in [2.05, 4.69) is 5.32 Å². The Kier molecular flexibility index (Phi) is 4.30. The number of nitro groups is 1. The highest BCUT2D eigenvalue weighted by atomic mass is 35.5. The molecule has 8 heteroatoms. The van der Waals surface area contributed by atoms with Gasteiger partial charge in [0.2, 0.25) is 0 Å². The number of amides is 1. The summed E-state index contributed by atoms with van der Waals surface area (Å²) in [6, 6.07) is 7.58. The lowest BCUT2D eigenvalue weighted by Crippen LogP contribution is -2.12. The molecule has 2 aromatic rings. The summed E-state index contributed by atoms with van der Waals surface area (Å²) < 4.78 is 0. The van der Waals surface area contributed by atoms with Crippen molar-refractivity contribution in [2.75, 3.05) is 5.32 Å². The van der Waals surface area contributed by atoms with E-state index in [1.165, 1.54) is 30.3 Å². The Morgan fingerprint density at radius 1 is 1.14 bits per heavy atom. The number of carbonyl (C=O) groups excluding carboxylic acids is 1. The lowest BCUT2D eigenvalue weighted by Gasteiger charge is -2.08. The van der Waals surface area contributed by atoms with Gasteiger partial charge in [0.1, 0.15) is 5.75 Å². The fourth-order valence-electron chi connectivity index (χ4n) is 1.60. The van der Waals surface area contributed by atoms with Crippen LogP contribution in [-0.4, -0.2) is 15.9 Å². The molecule has 0 aliphatic heterocycles. The number of non-ortho nitro benzene ring substituents is 1. The molecule has 1 amide bonds. The number of halogens is 2. The Hall–Kier alpha value is -2.31. The first-order valence-electron chi connectivity index (χ1n) is 5.62. The third-order valence-corrected chi connectivity index (χ3v) is 3.23. The molecule has 0 aliphatic carbocycles. The molecule has 2 aromatic carbocycles. The SMILES string of the molecule is O=C(Nc1ccc([N+](=O)[O-])cc1Cl)c1ccc(O)cc1Cl. The number of phenolic OH excluding ortho intramolecular Hbond substituents is 1. The molecule has 0 aliphatic rings. The molecule has 108 valence electrons. The van der Waals surface area contributed by atoms with E-state index in [4.69, 9.17) is 23.2 Å². The van der Waals surface area contributed by atoms with Crippen LogP contribution < -0.4 is 5.32 Å². The number of anilines is 1. The Balaban J connectivity index is 2.25. The monoisotopic (exact) mass is 326 g/mol. The van der Waals surface area contributed by atoms with Crippen molar-refractivity contribution in [1.29, 1.82) is 0 Å². The number of benzene rings is 2. The molecule has 0 bridgehead atoms. The van der Waals surface area contributed by atoms with Crippen LogP contribution in [0, 0.1) is 10.1 Å². The van der Waals surface area contributed by atoms with Crippen molar-refractivity contribution in [3.8, 4) is 5.75 Å². The van der Waals surface area contributed by atoms with Crippen molar-refractivity contribution in [3.05, 3.63) is 62.1 Å². The molecule has 0 fully saturated rings. The number of nitrogens with zero attached hydrogens (tertiary/aromatic N) is 1. The van der Waals surface area contributed by atoms with Crippen LogP contribution >= 0.6 is 23.2 Å². The van der Waals surface area contributed by atoms with E-state index in [-0.39, 0.29) is 32.7 Å². The van der Waals surface area contributed by atoms with E-state index in [0.29, 0.717) is 0 Å². The van der Waals surface area contributed by atoms with Crippen molar-refractivity contribution < 1.29 is 14.8 Å². The third kappa shape index (κ3) is 3.42. The van der Waals surface area contributed by atoms with Crippen molar-refractivity contribution >= 4 is 40.5 Å². The Labute approximate surface area is 129 Å². The van der Waals surface area contributed by atoms with Crippen LogP contribution in [0.1, 0.15) is 10.4 Å². The molecule has 0 spiro atoms. The third-order valence-electron chi connectivity index (χ3n) is 2.61. The van der Waals surface area contributed by atoms with Crippen LogP contribution in [0.25, 0.3) is 0 Å². The minimum absolute atomic E-state index is 0.0347. The van der Waals surface area contributed by atoms with Gasteiger partial charge in [-0.2, -0.15) is 0 Å². The number of carbonyl (C=O) groups is 1. The highest BCUT2D eigenvalue weighted by molar-refractivity contribution is 6.36. The van der Waals surface area contributed by atoms with Gasteiger partial charge in [-0.3, -0.25) is 14.9 Å². The molecule has 0 radical (unpaired) electrons. The number of rotatable bonds is 3. The smallest absolute Gasteiger partial charge is 0.271 e. The van der Waals surface area contributed by atoms with Gasteiger partial charge in [0, 0.05) is 12.1 Å². The van der Waals surface area contributed by atoms with E-state index in [1.54, 1.807) is 0 Å². The van der Waals surface area contributed by atoms with E-state index >= 15 is 0 Å². The standard InChI is InChI=1S/C13H8Cl2N2O4/c14-10-6-8(18)2-3-9(10)13(19)16-12-4-1-7(17(20)21)5-11(12)15/h1-6,18H,(H,16,19). The van der Waals surface area contributed by atoms with Gasteiger partial charge < -0.3 is 10.4 Å². The topological polar surface area (TPSA) is 92.5 Å². The summed E-state index contributed by atoms with van der Waals surface area (Å²) in [5.74, 6) is -0.610. The minimum Gasteiger partial charge on any atom is -0.508 e. The minimum atomic E-state index is -0.589. The first-order valence-corrected chi connectivity index (χ1v) is 6.38. The summed E-state index contributed by atoms with van der Waals surface area (Å²) in [6.45, 7) is 0. The fourth-order valence-corrected chi connectivity index (χ4v) is 2.08. The molecule has 0 heterocycles. The van der Waals surface area contributed by atoms with Gasteiger partial charge >= 0.3 is 0 Å². The molecule has 2 rings (SSSR count). The average molecular weight is 327 g/mol. The zero-order valence-corrected chi connectivity index (χ0v) is 11.9. The Bertz CT molecular complexity index is 734. The molecule has 0 atom stereocenters. The summed E-state index contributed by atoms with van der Waals surface area (Å²) >= 11 is 11.7. The molecule has 2 N–H and O–H groups in total. The van der Waals surface area contributed by atoms with Gasteiger partial charge in [-0.15, -0.1) is 0 Å². The Morgan fingerprint density at radius 3 is 2.43 bits per heavy atom. The quantitative estimate of drug-likeness (QED) is 0.661. The molecule has 0 unspecified atom stereocenters. The van der Waals surface area contributed by atoms with Crippen LogP contribution in [0.2, 0.25) is 10.0 Å². The molecular weight excluding hydrogens is 319 g/mol. The van der Waals surface area contributed by atoms with Crippen molar-refractivity contribution in [1.82, 2.24) is 0 Å². The number of nitrogens with one attached hydrogen (secondary N) is 1. The molecule has 6 nitrogen and oxygen atoms in total. The highest BCUT2D eigenvalue weighted by Gasteiger charge is 2.15. The predicted octanol–water partition coefficient (Wildman–Crippen LogP) is 3.86. The normalized spacial score (nSPS) is 10.2. The maximum Gasteiger partial charge on any atom is 0.271 e. The van der Waals surface area contributed by atoms with E-state index in [1.807, 2.05) is 0 Å². The summed E-state index contributed by atoms with van der Waals surface area (Å²) in [4.78, 5) is 22.1. The zero-order chi connectivity index (χ0) is 15.6. The van der Waals surface area contributed by atoms with Gasteiger partial charge in [-0.25, -0.2) is 0 Å². The number of nitro benzene ring substituents is 1. The summed E-state index contributed by atoms with van der Waals surface area (Å²) in [7, 11) is 0. The van der Waals surface area contributed by atoms with Gasteiger partial charge in [0.25, 0.3) is 11.6 Å². The van der Waals surface area contributed by atoms with E-state index < -0.39 is 10.8 Å². The molecule has 0 saturated heterocycles. The van der Waals surface area contributed by atoms with E-state index in [0.717, 1.165) is 6.07 Å². The second-order valence-electron chi connectivity index (χ2n) is 4.04. The van der Waals surface area contributed by atoms with Gasteiger partial charge in [0.15, 0.2) is 0 Å². The molecular formula is C13H8Cl2N2O4. The summed E-state index contributed by atoms with van der Waals surface area (Å²) in [6.07, 6.45) is 0. The second kappa shape index (κ2) is 5.99. The molecule has 0 saturated carbocycles. The molecule has 21 heavy (non-hydrogen) atoms. The zero-order valence-electron chi connectivity index (χ0n) is 10.3. The maximum absolute atomic E-state index is 12.0. The van der Waals surface area contributed by atoms with Crippen molar-refractivity contribution in [2.24, 2.45) is 0 Å². The summed E-state index contributed by atoms with van der Waals surface area (Å²) in [5.41, 5.74) is 0.181. The number of phenols is 1. The van der Waals surface area contributed by atoms with Gasteiger partial charge in [-0.1, -0.05) is 23.2 Å². The van der Waals surface area contributed by atoms with Crippen molar-refractivity contribution in [3.63, 3.8) is 0 Å². The molecule has 0 aromatic heterocycles. The maximum atomic E-state index is 12.0. The first kappa shape index (κ1) is 15.1. The Morgan fingerprint density at radius 2 is 1.86 bits per heavy atom. The van der Waals surface area contributed by atoms with Crippen LogP contribution in [0.15, 0.2) is 36.4 Å². The second-order valence-corrected chi connectivity index (χ2v) is 4.85. The van der Waals surface area contributed by atoms with Crippen LogP contribution in [0.5, 0.6) is 5.75 Å². The average Bonchev–Trinajstić information content (AvgIpc) is 2.40. The summed E-state index contributed by atoms with van der Waals surface area (Å²) in [5, 5.41) is 22.4. The predicted molar refractivity (Wildman–Crippen MR) is 79.2 cm³/mol. The van der Waals surface area contributed by atoms with Crippen LogP contribution in [-0.2, 0) is 0 Å². The first-order chi connectivity index (χ1) is 9.88. The highest BCUT2D eigenvalue weighted by Crippen LogP contribution is 2.28. The number of hydrogen-bond acceptors (Lipinski definition) is 4. The number of hydrogen-bond donors (Lipinski definition) is 2. The lowest BCUT2D eigenvalue weighted by molar-refractivity contribution is -0.384. The van der Waals surface area contributed by atoms with Crippen molar-refractivity contribution in [2.45, 2.75) is 0 Å². The van der Waals surface area contributed by atoms with Gasteiger partial charge in [0.05, 0.1) is 26.2 Å². The lowest BCUT2D eigenvalue weighted by atomic mass is 10.2. The van der Waals surface area contributed by atoms with Crippen LogP contribution in [0.3, 0.4) is 0 Å². The number of aromatic hydroxyl groups is 1.